The molecule has 1 saturated carbocycles. The minimum Gasteiger partial charge on any atom is -0.444 e. The molecule has 2 aliphatic rings. The average molecular weight is 225 g/mol. The van der Waals surface area contributed by atoms with Gasteiger partial charge in [-0.2, -0.15) is 0 Å². The Labute approximate surface area is 95.9 Å². The Bertz CT molecular complexity index is 332. The molecule has 0 unspecified atom stereocenters. The Kier molecular flexibility index (Phi) is 2.48. The van der Waals surface area contributed by atoms with Crippen LogP contribution in [-0.4, -0.2) is 34.5 Å². The summed E-state index contributed by atoms with van der Waals surface area (Å²) in [7, 11) is 0. The second-order valence-corrected chi connectivity index (χ2v) is 5.81. The predicted molar refractivity (Wildman–Crippen MR) is 59.1 cm³/mol. The van der Waals surface area contributed by atoms with Gasteiger partial charge in [0.25, 0.3) is 0 Å². The van der Waals surface area contributed by atoms with Crippen LogP contribution in [0.5, 0.6) is 0 Å². The van der Waals surface area contributed by atoms with Crippen molar-refractivity contribution < 1.29 is 14.3 Å². The maximum Gasteiger partial charge on any atom is 0.411 e. The van der Waals surface area contributed by atoms with Gasteiger partial charge in [0, 0.05) is 6.04 Å². The summed E-state index contributed by atoms with van der Waals surface area (Å²) in [6.07, 6.45) is 1.51. The van der Waals surface area contributed by atoms with E-state index in [2.05, 4.69) is 0 Å². The lowest BCUT2D eigenvalue weighted by Gasteiger charge is -2.29. The molecule has 0 aromatic rings. The van der Waals surface area contributed by atoms with Gasteiger partial charge in [0.1, 0.15) is 5.60 Å². The molecule has 90 valence electrons. The minimum atomic E-state index is -0.495. The molecule has 0 aromatic heterocycles. The zero-order chi connectivity index (χ0) is 12.1. The lowest BCUT2D eigenvalue weighted by molar-refractivity contribution is -0.121. The number of nitrogens with zero attached hydrogens (tertiary/aromatic N) is 1. The number of amides is 1. The highest BCUT2D eigenvalue weighted by molar-refractivity contribution is 5.86. The van der Waals surface area contributed by atoms with Crippen molar-refractivity contribution in [2.24, 2.45) is 5.92 Å². The van der Waals surface area contributed by atoms with E-state index in [4.69, 9.17) is 4.74 Å². The highest BCUT2D eigenvalue weighted by atomic mass is 16.6. The molecular formula is C12H19NO3. The number of ketones is 1. The summed E-state index contributed by atoms with van der Waals surface area (Å²) in [5, 5.41) is 0. The van der Waals surface area contributed by atoms with Gasteiger partial charge in [-0.3, -0.25) is 9.69 Å². The van der Waals surface area contributed by atoms with Crippen molar-refractivity contribution in [2.45, 2.75) is 58.2 Å². The summed E-state index contributed by atoms with van der Waals surface area (Å²) >= 11 is 0. The summed E-state index contributed by atoms with van der Waals surface area (Å²) in [6.45, 7) is 7.07. The van der Waals surface area contributed by atoms with E-state index >= 15 is 0 Å². The van der Waals surface area contributed by atoms with Gasteiger partial charge in [0.2, 0.25) is 0 Å². The molecule has 0 bridgehead atoms. The molecule has 16 heavy (non-hydrogen) atoms. The van der Waals surface area contributed by atoms with Gasteiger partial charge in [-0.15, -0.1) is 0 Å². The molecule has 0 aromatic carbocycles. The van der Waals surface area contributed by atoms with Gasteiger partial charge in [-0.05, 0) is 46.5 Å². The van der Waals surface area contributed by atoms with E-state index in [0.717, 1.165) is 12.8 Å². The van der Waals surface area contributed by atoms with Crippen LogP contribution in [0.2, 0.25) is 0 Å². The smallest absolute Gasteiger partial charge is 0.411 e. The van der Waals surface area contributed by atoms with E-state index in [0.29, 0.717) is 5.92 Å². The molecule has 4 heteroatoms. The second-order valence-electron chi connectivity index (χ2n) is 5.81. The van der Waals surface area contributed by atoms with Gasteiger partial charge in [0.15, 0.2) is 5.78 Å². The molecule has 0 spiro atoms. The van der Waals surface area contributed by atoms with Crippen LogP contribution in [0.15, 0.2) is 0 Å². The summed E-state index contributed by atoms with van der Waals surface area (Å²) in [6, 6.07) is 0.00218. The van der Waals surface area contributed by atoms with E-state index in [1.54, 1.807) is 11.8 Å². The van der Waals surface area contributed by atoms with Gasteiger partial charge >= 0.3 is 6.09 Å². The van der Waals surface area contributed by atoms with E-state index < -0.39 is 5.60 Å². The van der Waals surface area contributed by atoms with Crippen molar-refractivity contribution in [3.8, 4) is 0 Å². The van der Waals surface area contributed by atoms with Gasteiger partial charge in [0.05, 0.1) is 6.04 Å². The number of hydrogen-bond donors (Lipinski definition) is 0. The minimum absolute atomic E-state index is 0.0676. The molecule has 0 radical (unpaired) electrons. The monoisotopic (exact) mass is 225 g/mol. The first-order valence-electron chi connectivity index (χ1n) is 5.81. The van der Waals surface area contributed by atoms with Crippen molar-refractivity contribution in [3.63, 3.8) is 0 Å². The molecule has 1 saturated heterocycles. The Balaban J connectivity index is 2.07. The quantitative estimate of drug-likeness (QED) is 0.685. The van der Waals surface area contributed by atoms with Gasteiger partial charge in [-0.25, -0.2) is 4.79 Å². The maximum atomic E-state index is 12.0. The number of carbonyl (C=O) groups excluding carboxylic acids is 2. The van der Waals surface area contributed by atoms with Gasteiger partial charge in [-0.1, -0.05) is 0 Å². The molecule has 1 heterocycles. The largest absolute Gasteiger partial charge is 0.444 e. The Morgan fingerprint density at radius 1 is 1.25 bits per heavy atom. The number of fused-ring (bicyclic) bond motifs is 1. The zero-order valence-electron chi connectivity index (χ0n) is 10.3. The Hall–Kier alpha value is -1.06. The third-order valence-corrected chi connectivity index (χ3v) is 3.18. The third kappa shape index (κ3) is 2.06. The standard InChI is InChI=1S/C12H19NO3/c1-7(14)9-5-8-6-10(8)13(9)11(15)16-12(2,3)4/h8-10H,5-6H2,1-4H3/t8-,9+,10+/m1/s1. The fourth-order valence-corrected chi connectivity index (χ4v) is 2.40. The van der Waals surface area contributed by atoms with Crippen LogP contribution in [0.1, 0.15) is 40.5 Å². The summed E-state index contributed by atoms with van der Waals surface area (Å²) in [5.41, 5.74) is -0.495. The van der Waals surface area contributed by atoms with Crippen molar-refractivity contribution >= 4 is 11.9 Å². The summed E-state index contributed by atoms with van der Waals surface area (Å²) in [5.74, 6) is 0.597. The fraction of sp³-hybridized carbons (Fsp3) is 0.833. The van der Waals surface area contributed by atoms with Crippen LogP contribution >= 0.6 is 0 Å². The molecule has 1 amide bonds. The van der Waals surface area contributed by atoms with Crippen LogP contribution in [0.25, 0.3) is 0 Å². The number of ether oxygens (including phenoxy) is 1. The molecule has 4 nitrogen and oxygen atoms in total. The van der Waals surface area contributed by atoms with E-state index in [1.807, 2.05) is 20.8 Å². The first-order chi connectivity index (χ1) is 7.29. The molecule has 2 fully saturated rings. The highest BCUT2D eigenvalue weighted by Crippen LogP contribution is 2.48. The number of carbonyl (C=O) groups is 2. The van der Waals surface area contributed by atoms with Crippen LogP contribution in [-0.2, 0) is 9.53 Å². The maximum absolute atomic E-state index is 12.0. The van der Waals surface area contributed by atoms with E-state index in [1.165, 1.54) is 0 Å². The summed E-state index contributed by atoms with van der Waals surface area (Å²) < 4.78 is 5.33. The van der Waals surface area contributed by atoms with Crippen molar-refractivity contribution in [1.82, 2.24) is 4.90 Å². The average Bonchev–Trinajstić information content (AvgIpc) is 2.73. The number of likely N-dealkylation sites (tertiary alicyclic amines) is 1. The number of rotatable bonds is 1. The Morgan fingerprint density at radius 2 is 1.88 bits per heavy atom. The number of Topliss-reactive ketones (excluding diaryl/α,β-unsaturated/α-hetero) is 1. The molecule has 1 aliphatic heterocycles. The van der Waals surface area contributed by atoms with Crippen molar-refractivity contribution in [3.05, 3.63) is 0 Å². The molecule has 2 rings (SSSR count). The normalized spacial score (nSPS) is 32.2. The van der Waals surface area contributed by atoms with Crippen molar-refractivity contribution in [2.75, 3.05) is 0 Å². The SMILES string of the molecule is CC(=O)[C@@H]1C[C@@H]2C[C@@H]2N1C(=O)OC(C)(C)C. The van der Waals surface area contributed by atoms with E-state index in [9.17, 15) is 9.59 Å². The van der Waals surface area contributed by atoms with Crippen molar-refractivity contribution in [1.29, 1.82) is 0 Å². The topological polar surface area (TPSA) is 46.6 Å². The number of hydrogen-bond acceptors (Lipinski definition) is 3. The summed E-state index contributed by atoms with van der Waals surface area (Å²) in [4.78, 5) is 25.1. The van der Waals surface area contributed by atoms with Crippen LogP contribution in [0.3, 0.4) is 0 Å². The molecule has 3 atom stereocenters. The fourth-order valence-electron chi connectivity index (χ4n) is 2.40. The van der Waals surface area contributed by atoms with Gasteiger partial charge < -0.3 is 4.74 Å². The zero-order valence-corrected chi connectivity index (χ0v) is 10.3. The molecule has 1 aliphatic carbocycles. The third-order valence-electron chi connectivity index (χ3n) is 3.18. The van der Waals surface area contributed by atoms with E-state index in [-0.39, 0.29) is 24.0 Å². The Morgan fingerprint density at radius 3 is 2.38 bits per heavy atom. The van der Waals surface area contributed by atoms with Crippen LogP contribution in [0, 0.1) is 5.92 Å². The highest BCUT2D eigenvalue weighted by Gasteiger charge is 2.56. The second kappa shape index (κ2) is 3.47. The van der Waals surface area contributed by atoms with Crippen LogP contribution < -0.4 is 0 Å². The predicted octanol–water partition coefficient (Wildman–Crippen LogP) is 1.97. The number of piperidine rings is 1. The van der Waals surface area contributed by atoms with Crippen LogP contribution in [0.4, 0.5) is 4.79 Å². The lowest BCUT2D eigenvalue weighted by Crippen LogP contribution is -2.44. The first-order valence-corrected chi connectivity index (χ1v) is 5.81. The molecule has 0 N–H and O–H groups in total. The lowest BCUT2D eigenvalue weighted by atomic mass is 10.1. The first kappa shape index (κ1) is 11.4. The molecular weight excluding hydrogens is 206 g/mol.